The van der Waals surface area contributed by atoms with Gasteiger partial charge in [0.2, 0.25) is 29.0 Å². The van der Waals surface area contributed by atoms with Gasteiger partial charge in [0.15, 0.2) is 17.3 Å². The third kappa shape index (κ3) is 17.5. The molecule has 0 aliphatic carbocycles. The van der Waals surface area contributed by atoms with Crippen molar-refractivity contribution in [3.05, 3.63) is 283 Å². The number of pyridine rings is 3. The van der Waals surface area contributed by atoms with Crippen LogP contribution in [0.4, 0.5) is 27.1 Å². The standard InChI is InChI=1S/C23H20ClN3O3.C23H18ClN3O2.C14H8FNO.C9H11ClN2O.ClH/c24-19-7-4-11-26-23(19)30-17-10-12-27(14-17)20-9-8-16(13-18(20)22(25)29)21(28)15-5-2-1-3-6-15;1-25-20-14-17(22(28)16-6-3-2-4-7-16)9-10-21(20)27-13-11-18(15-27)29-23-19(24)8-5-12-26-23;1-16-13-9-11(7-8-12(13)15)14(17)10-5-3-2-4-6-10;10-8-2-1-4-12-9(8)13-7-3-5-11-6-7;/h1-9,11,13,17H,10,12,14H2,(H2,25,29);2-10,12,14,18H,11,13,15H2;2-9H;1-2,4,7,11H,3,5-6H2;1H/t17-;18-;;7-;/m00.0./s1. The van der Waals surface area contributed by atoms with E-state index in [1.807, 2.05) is 41.3 Å². The lowest BCUT2D eigenvalue weighted by Gasteiger charge is -2.22. The van der Waals surface area contributed by atoms with E-state index >= 15 is 0 Å². The number of nitrogens with one attached hydrogen (secondary N) is 1. The van der Waals surface area contributed by atoms with Crippen molar-refractivity contribution in [2.45, 2.75) is 37.6 Å². The van der Waals surface area contributed by atoms with Crippen molar-refractivity contribution in [2.24, 2.45) is 5.73 Å². The molecule has 90 heavy (non-hydrogen) atoms. The van der Waals surface area contributed by atoms with Crippen LogP contribution >= 0.6 is 47.2 Å². The summed E-state index contributed by atoms with van der Waals surface area (Å²) in [6, 6.07) is 51.4. The number of primary amides is 1. The maximum absolute atomic E-state index is 13.1. The number of carbonyl (C=O) groups is 4. The number of amides is 1. The van der Waals surface area contributed by atoms with Crippen LogP contribution in [-0.2, 0) is 0 Å². The quantitative estimate of drug-likeness (QED) is 0.0730. The molecule has 0 radical (unpaired) electrons. The Kier molecular flexibility index (Phi) is 23.9. The smallest absolute Gasteiger partial charge is 0.250 e. The van der Waals surface area contributed by atoms with Crippen LogP contribution in [0.2, 0.25) is 15.1 Å². The lowest BCUT2D eigenvalue weighted by molar-refractivity contribution is 0.0997. The summed E-state index contributed by atoms with van der Waals surface area (Å²) in [4.78, 5) is 72.8. The third-order valence-electron chi connectivity index (χ3n) is 14.3. The number of anilines is 2. The van der Waals surface area contributed by atoms with E-state index in [9.17, 15) is 23.6 Å². The molecule has 0 unspecified atom stereocenters. The predicted octanol–water partition coefficient (Wildman–Crippen LogP) is 14.4. The summed E-state index contributed by atoms with van der Waals surface area (Å²) in [7, 11) is 0. The lowest BCUT2D eigenvalue weighted by Crippen LogP contribution is -2.27. The highest BCUT2D eigenvalue weighted by atomic mass is 35.5. The first-order chi connectivity index (χ1) is 43.3. The van der Waals surface area contributed by atoms with Crippen LogP contribution < -0.4 is 35.1 Å². The molecule has 3 aromatic heterocycles. The fourth-order valence-corrected chi connectivity index (χ4v) is 10.3. The molecular weight excluding hydrogens is 1230 g/mol. The highest BCUT2D eigenvalue weighted by Gasteiger charge is 2.30. The van der Waals surface area contributed by atoms with Crippen LogP contribution in [-0.4, -0.2) is 95.8 Å². The van der Waals surface area contributed by atoms with Crippen molar-refractivity contribution in [1.82, 2.24) is 20.3 Å². The van der Waals surface area contributed by atoms with Crippen molar-refractivity contribution in [1.29, 1.82) is 0 Å². The minimum absolute atomic E-state index is 0. The highest BCUT2D eigenvalue weighted by Crippen LogP contribution is 2.35. The number of carbonyl (C=O) groups excluding carboxylic acids is 4. The van der Waals surface area contributed by atoms with E-state index in [2.05, 4.69) is 34.9 Å². The SMILES string of the molecule is Cl.Clc1cccnc1O[C@H]1CCNC1.NC(=O)c1cc(C(=O)c2ccccc2)ccc1N1CC[C@H](Oc2ncccc2Cl)C1.[C-]#[N+]c1cc(C(=O)c2ccccc2)ccc1F.[C-]#[N+]c1cc(C(=O)c2ccccc2)ccc1N1CC[C@H](Oc2ncccc2Cl)C1. The van der Waals surface area contributed by atoms with Crippen molar-refractivity contribution in [3.63, 3.8) is 0 Å². The third-order valence-corrected chi connectivity index (χ3v) is 15.2. The largest absolute Gasteiger partial charge is 0.472 e. The fourth-order valence-electron chi connectivity index (χ4n) is 9.84. The lowest BCUT2D eigenvalue weighted by atomic mass is 9.99. The Labute approximate surface area is 541 Å². The van der Waals surface area contributed by atoms with Gasteiger partial charge in [-0.3, -0.25) is 19.2 Å². The van der Waals surface area contributed by atoms with Crippen molar-refractivity contribution in [2.75, 3.05) is 49.1 Å². The molecule has 3 saturated heterocycles. The van der Waals surface area contributed by atoms with E-state index < -0.39 is 11.7 Å². The number of aromatic nitrogens is 3. The Balaban J connectivity index is 0.000000162. The van der Waals surface area contributed by atoms with Gasteiger partial charge < -0.3 is 35.1 Å². The number of ether oxygens (including phenoxy) is 3. The molecule has 0 bridgehead atoms. The first-order valence-corrected chi connectivity index (χ1v) is 29.3. The summed E-state index contributed by atoms with van der Waals surface area (Å²) in [6.45, 7) is 18.9. The van der Waals surface area contributed by atoms with Gasteiger partial charge in [-0.15, -0.1) is 12.4 Å². The molecule has 3 aliphatic heterocycles. The van der Waals surface area contributed by atoms with Crippen LogP contribution in [0.15, 0.2) is 201 Å². The van der Waals surface area contributed by atoms with Gasteiger partial charge in [0.25, 0.3) is 5.91 Å². The number of halogens is 5. The zero-order valence-corrected chi connectivity index (χ0v) is 51.2. The van der Waals surface area contributed by atoms with E-state index in [0.29, 0.717) is 103 Å². The second-order valence-corrected chi connectivity index (χ2v) is 21.5. The molecule has 3 aliphatic rings. The molecule has 3 fully saturated rings. The van der Waals surface area contributed by atoms with Gasteiger partial charge in [-0.05, 0) is 91.8 Å². The van der Waals surface area contributed by atoms with Gasteiger partial charge in [0.1, 0.15) is 39.2 Å². The van der Waals surface area contributed by atoms with Crippen LogP contribution in [0.3, 0.4) is 0 Å². The predicted molar refractivity (Wildman–Crippen MR) is 349 cm³/mol. The van der Waals surface area contributed by atoms with Crippen molar-refractivity contribution < 1.29 is 37.8 Å². The molecule has 3 N–H and O–H groups in total. The molecule has 0 saturated carbocycles. The topological polar surface area (TPSA) is 188 Å². The summed E-state index contributed by atoms with van der Waals surface area (Å²) in [5, 5.41) is 4.73. The number of benzene rings is 6. The first kappa shape index (κ1) is 66.2. The molecule has 12 rings (SSSR count). The van der Waals surface area contributed by atoms with E-state index in [-0.39, 0.29) is 53.8 Å². The number of hydrogen-bond donors (Lipinski definition) is 2. The van der Waals surface area contributed by atoms with Crippen LogP contribution in [0.25, 0.3) is 9.69 Å². The average Bonchev–Trinajstić information content (AvgIpc) is 2.82. The van der Waals surface area contributed by atoms with E-state index in [1.54, 1.807) is 146 Å². The Hall–Kier alpha value is -9.72. The van der Waals surface area contributed by atoms with Gasteiger partial charge in [-0.2, -0.15) is 0 Å². The molecule has 0 spiro atoms. The van der Waals surface area contributed by atoms with Crippen LogP contribution in [0.5, 0.6) is 17.6 Å². The molecule has 3 atom stereocenters. The summed E-state index contributed by atoms with van der Waals surface area (Å²) >= 11 is 18.1. The molecule has 16 nitrogen and oxygen atoms in total. The molecule has 6 heterocycles. The number of hydrogen-bond acceptors (Lipinski definition) is 13. The minimum atomic E-state index is -0.607. The molecule has 1 amide bonds. The van der Waals surface area contributed by atoms with E-state index in [4.69, 9.17) is 67.9 Å². The van der Waals surface area contributed by atoms with Crippen LogP contribution in [0, 0.1) is 19.0 Å². The number of nitrogens with zero attached hydrogens (tertiary/aromatic N) is 7. The number of rotatable bonds is 15. The van der Waals surface area contributed by atoms with E-state index in [1.165, 1.54) is 12.1 Å². The van der Waals surface area contributed by atoms with Gasteiger partial charge in [-0.1, -0.05) is 138 Å². The number of nitrogens with two attached hydrogens (primary N) is 1. The van der Waals surface area contributed by atoms with Gasteiger partial charge in [-0.25, -0.2) is 29.0 Å². The number of ketones is 3. The Morgan fingerprint density at radius 2 is 0.900 bits per heavy atom. The van der Waals surface area contributed by atoms with Crippen molar-refractivity contribution >= 4 is 93.2 Å². The summed E-state index contributed by atoms with van der Waals surface area (Å²) < 4.78 is 30.6. The van der Waals surface area contributed by atoms with Crippen molar-refractivity contribution in [3.8, 4) is 17.6 Å². The Morgan fingerprint density at radius 3 is 1.31 bits per heavy atom. The molecule has 21 heteroatoms. The monoisotopic (exact) mass is 1280 g/mol. The fraction of sp³-hybridized carbons (Fsp3) is 0.174. The van der Waals surface area contributed by atoms with Gasteiger partial charge in [0.05, 0.1) is 31.8 Å². The average molecular weight is 1290 g/mol. The minimum Gasteiger partial charge on any atom is -0.472 e. The van der Waals surface area contributed by atoms with Gasteiger partial charge in [0, 0.05) is 95.8 Å². The maximum atomic E-state index is 13.1. The highest BCUT2D eigenvalue weighted by molar-refractivity contribution is 6.32. The summed E-state index contributed by atoms with van der Waals surface area (Å²) in [6.07, 6.45) is 7.55. The van der Waals surface area contributed by atoms with Gasteiger partial charge >= 0.3 is 0 Å². The summed E-state index contributed by atoms with van der Waals surface area (Å²) in [5.41, 5.74) is 10.7. The van der Waals surface area contributed by atoms with Crippen LogP contribution in [0.1, 0.15) is 77.4 Å². The van der Waals surface area contributed by atoms with E-state index in [0.717, 1.165) is 50.7 Å². The zero-order valence-electron chi connectivity index (χ0n) is 48.1. The Bertz CT molecular complexity index is 4040. The second kappa shape index (κ2) is 32.5. The summed E-state index contributed by atoms with van der Waals surface area (Å²) in [5.74, 6) is -0.283. The normalized spacial score (nSPS) is 15.3. The molecule has 9 aromatic rings. The molecular formula is C69H58Cl4FN9O7. The second-order valence-electron chi connectivity index (χ2n) is 20.3. The zero-order chi connectivity index (χ0) is 62.7. The first-order valence-electron chi connectivity index (χ1n) is 28.2. The molecule has 6 aromatic carbocycles. The molecule has 456 valence electrons. The Morgan fingerprint density at radius 1 is 0.500 bits per heavy atom. The maximum Gasteiger partial charge on any atom is 0.250 e.